The van der Waals surface area contributed by atoms with Gasteiger partial charge in [0.1, 0.15) is 17.8 Å². The third kappa shape index (κ3) is 4.57. The lowest BCUT2D eigenvalue weighted by Gasteiger charge is -2.42. The lowest BCUT2D eigenvalue weighted by Crippen LogP contribution is -2.49. The first-order chi connectivity index (χ1) is 16.0. The molecule has 1 aliphatic carbocycles. The van der Waals surface area contributed by atoms with E-state index in [1.54, 1.807) is 0 Å². The summed E-state index contributed by atoms with van der Waals surface area (Å²) in [5, 5.41) is 5.39. The molecule has 0 aromatic heterocycles. The van der Waals surface area contributed by atoms with Crippen molar-refractivity contribution < 1.29 is 32.3 Å². The Morgan fingerprint density at radius 3 is 2.26 bits per heavy atom. The second-order valence-electron chi connectivity index (χ2n) is 8.80. The molecule has 0 spiro atoms. The highest BCUT2D eigenvalue weighted by Crippen LogP contribution is 2.43. The standard InChI is InChI=1S/C24H24F3N3O4/c1-22(16-8-10-18(11-9-16)34-24(25,26)27)20(32)30(21(33)29-22)14-19(31)28-15-23(12-5-13-23)17-6-3-2-4-7-17/h2-4,6-11H,5,12-15H2,1H3,(H,28,31)(H,29,33). The smallest absolute Gasteiger partial charge is 0.406 e. The molecule has 1 saturated heterocycles. The number of halogens is 3. The van der Waals surface area contributed by atoms with Crippen LogP contribution in [0.3, 0.4) is 0 Å². The van der Waals surface area contributed by atoms with Crippen molar-refractivity contribution in [3.05, 3.63) is 65.7 Å². The second kappa shape index (κ2) is 8.66. The van der Waals surface area contributed by atoms with Gasteiger partial charge in [-0.2, -0.15) is 0 Å². The number of benzene rings is 2. The number of nitrogens with one attached hydrogen (secondary N) is 2. The van der Waals surface area contributed by atoms with E-state index >= 15 is 0 Å². The first kappa shape index (κ1) is 23.6. The number of carbonyl (C=O) groups excluding carboxylic acids is 3. The summed E-state index contributed by atoms with van der Waals surface area (Å²) >= 11 is 0. The number of hydrogen-bond donors (Lipinski definition) is 2. The van der Waals surface area contributed by atoms with Gasteiger partial charge >= 0.3 is 12.4 Å². The lowest BCUT2D eigenvalue weighted by molar-refractivity contribution is -0.274. The molecule has 2 aromatic carbocycles. The van der Waals surface area contributed by atoms with Crippen LogP contribution in [0.4, 0.5) is 18.0 Å². The van der Waals surface area contributed by atoms with Gasteiger partial charge in [0.15, 0.2) is 0 Å². The molecule has 2 fully saturated rings. The van der Waals surface area contributed by atoms with Crippen molar-refractivity contribution in [2.24, 2.45) is 0 Å². The van der Waals surface area contributed by atoms with Crippen LogP contribution in [0.2, 0.25) is 0 Å². The highest BCUT2D eigenvalue weighted by atomic mass is 19.4. The van der Waals surface area contributed by atoms with Gasteiger partial charge in [-0.25, -0.2) is 4.79 Å². The first-order valence-corrected chi connectivity index (χ1v) is 10.9. The minimum atomic E-state index is -4.84. The summed E-state index contributed by atoms with van der Waals surface area (Å²) in [4.78, 5) is 39.0. The second-order valence-corrected chi connectivity index (χ2v) is 8.80. The van der Waals surface area contributed by atoms with Gasteiger partial charge in [0.25, 0.3) is 5.91 Å². The Labute approximate surface area is 194 Å². The number of carbonyl (C=O) groups is 3. The van der Waals surface area contributed by atoms with Crippen LogP contribution < -0.4 is 15.4 Å². The molecule has 1 unspecified atom stereocenters. The van der Waals surface area contributed by atoms with E-state index in [0.29, 0.717) is 6.54 Å². The topological polar surface area (TPSA) is 87.7 Å². The third-order valence-corrected chi connectivity index (χ3v) is 6.56. The Morgan fingerprint density at radius 1 is 1.06 bits per heavy atom. The van der Waals surface area contributed by atoms with E-state index < -0.39 is 42.0 Å². The quantitative estimate of drug-likeness (QED) is 0.600. The van der Waals surface area contributed by atoms with Crippen LogP contribution in [0.5, 0.6) is 5.75 Å². The Morgan fingerprint density at radius 2 is 1.71 bits per heavy atom. The summed E-state index contributed by atoms with van der Waals surface area (Å²) in [6, 6.07) is 13.8. The van der Waals surface area contributed by atoms with Gasteiger partial charge < -0.3 is 15.4 Å². The van der Waals surface area contributed by atoms with Crippen LogP contribution in [0.1, 0.15) is 37.3 Å². The molecule has 2 aliphatic rings. The highest BCUT2D eigenvalue weighted by molar-refractivity contribution is 6.09. The summed E-state index contributed by atoms with van der Waals surface area (Å²) in [5.74, 6) is -1.58. The van der Waals surface area contributed by atoms with Crippen molar-refractivity contribution in [3.63, 3.8) is 0 Å². The van der Waals surface area contributed by atoms with Crippen molar-refractivity contribution in [3.8, 4) is 5.75 Å². The molecule has 7 nitrogen and oxygen atoms in total. The zero-order chi connectivity index (χ0) is 24.6. The summed E-state index contributed by atoms with van der Waals surface area (Å²) in [6.45, 7) is 1.38. The van der Waals surface area contributed by atoms with Crippen LogP contribution >= 0.6 is 0 Å². The number of nitrogens with zero attached hydrogens (tertiary/aromatic N) is 1. The number of ether oxygens (including phenoxy) is 1. The van der Waals surface area contributed by atoms with Gasteiger partial charge in [-0.1, -0.05) is 48.9 Å². The predicted octanol–water partition coefficient (Wildman–Crippen LogP) is 3.59. The molecule has 180 valence electrons. The fraction of sp³-hybridized carbons (Fsp3) is 0.375. The van der Waals surface area contributed by atoms with E-state index in [1.807, 2.05) is 30.3 Å². The fourth-order valence-corrected chi connectivity index (χ4v) is 4.46. The molecule has 1 aliphatic heterocycles. The van der Waals surface area contributed by atoms with E-state index in [-0.39, 0.29) is 11.0 Å². The SMILES string of the molecule is CC1(c2ccc(OC(F)(F)F)cc2)NC(=O)N(CC(=O)NCC2(c3ccccc3)CCC2)C1=O. The van der Waals surface area contributed by atoms with Crippen LogP contribution in [0, 0.1) is 0 Å². The number of amides is 4. The minimum absolute atomic E-state index is 0.150. The molecule has 1 atom stereocenters. The minimum Gasteiger partial charge on any atom is -0.406 e. The molecule has 4 rings (SSSR count). The number of alkyl halides is 3. The summed E-state index contributed by atoms with van der Waals surface area (Å²) in [7, 11) is 0. The molecule has 0 radical (unpaired) electrons. The summed E-state index contributed by atoms with van der Waals surface area (Å²) in [6.07, 6.45) is -1.91. The maximum Gasteiger partial charge on any atom is 0.573 e. The van der Waals surface area contributed by atoms with E-state index in [2.05, 4.69) is 15.4 Å². The van der Waals surface area contributed by atoms with Gasteiger partial charge in [0, 0.05) is 12.0 Å². The molecule has 2 N–H and O–H groups in total. The van der Waals surface area contributed by atoms with Crippen molar-refractivity contribution in [1.82, 2.24) is 15.5 Å². The van der Waals surface area contributed by atoms with E-state index in [9.17, 15) is 27.6 Å². The summed E-state index contributed by atoms with van der Waals surface area (Å²) in [5.41, 5.74) is -0.265. The number of hydrogen-bond acceptors (Lipinski definition) is 4. The lowest BCUT2D eigenvalue weighted by atomic mass is 9.64. The molecule has 1 saturated carbocycles. The predicted molar refractivity (Wildman–Crippen MR) is 116 cm³/mol. The first-order valence-electron chi connectivity index (χ1n) is 10.9. The Balaban J connectivity index is 1.40. The summed E-state index contributed by atoms with van der Waals surface area (Å²) < 4.78 is 41.0. The molecular weight excluding hydrogens is 451 g/mol. The van der Waals surface area contributed by atoms with Gasteiger partial charge in [-0.05, 0) is 43.0 Å². The van der Waals surface area contributed by atoms with Gasteiger partial charge in [-0.3, -0.25) is 14.5 Å². The van der Waals surface area contributed by atoms with Crippen molar-refractivity contribution >= 4 is 17.8 Å². The average Bonchev–Trinajstić information content (AvgIpc) is 2.97. The van der Waals surface area contributed by atoms with Crippen molar-refractivity contribution in [1.29, 1.82) is 0 Å². The largest absolute Gasteiger partial charge is 0.573 e. The van der Waals surface area contributed by atoms with E-state index in [1.165, 1.54) is 19.1 Å². The van der Waals surface area contributed by atoms with Gasteiger partial charge in [0.05, 0.1) is 0 Å². The molecule has 10 heteroatoms. The maximum absolute atomic E-state index is 13.0. The Bertz CT molecular complexity index is 1080. The molecule has 2 aromatic rings. The average molecular weight is 475 g/mol. The fourth-order valence-electron chi connectivity index (χ4n) is 4.46. The number of urea groups is 1. The zero-order valence-corrected chi connectivity index (χ0v) is 18.4. The van der Waals surface area contributed by atoms with Crippen LogP contribution in [0.25, 0.3) is 0 Å². The van der Waals surface area contributed by atoms with Gasteiger partial charge in [0.2, 0.25) is 5.91 Å². The molecule has 4 amide bonds. The van der Waals surface area contributed by atoms with E-state index in [0.717, 1.165) is 41.9 Å². The Kier molecular flexibility index (Phi) is 6.01. The normalized spacial score (nSPS) is 21.6. The molecule has 34 heavy (non-hydrogen) atoms. The van der Waals surface area contributed by atoms with Crippen LogP contribution in [-0.4, -0.2) is 42.2 Å². The third-order valence-electron chi connectivity index (χ3n) is 6.56. The maximum atomic E-state index is 13.0. The molecule has 1 heterocycles. The van der Waals surface area contributed by atoms with Crippen LogP contribution in [0.15, 0.2) is 54.6 Å². The van der Waals surface area contributed by atoms with Crippen LogP contribution in [-0.2, 0) is 20.5 Å². The monoisotopic (exact) mass is 475 g/mol. The highest BCUT2D eigenvalue weighted by Gasteiger charge is 2.49. The number of imide groups is 1. The van der Waals surface area contributed by atoms with Gasteiger partial charge in [-0.15, -0.1) is 13.2 Å². The molecule has 0 bridgehead atoms. The van der Waals surface area contributed by atoms with E-state index in [4.69, 9.17) is 0 Å². The van der Waals surface area contributed by atoms with Crippen molar-refractivity contribution in [2.75, 3.05) is 13.1 Å². The molecular formula is C24H24F3N3O4. The number of rotatable bonds is 7. The zero-order valence-electron chi connectivity index (χ0n) is 18.4. The Hall–Kier alpha value is -3.56. The van der Waals surface area contributed by atoms with Crippen molar-refractivity contribution in [2.45, 2.75) is 43.5 Å².